The summed E-state index contributed by atoms with van der Waals surface area (Å²) in [5.41, 5.74) is 10.8. The van der Waals surface area contributed by atoms with E-state index < -0.39 is 98.0 Å². The van der Waals surface area contributed by atoms with E-state index in [1.807, 2.05) is 35.2 Å². The number of hydroxylamine groups is 1. The fourth-order valence-corrected chi connectivity index (χ4v) is 11.5. The van der Waals surface area contributed by atoms with Crippen LogP contribution in [-0.2, 0) is 30.4 Å². The molecule has 3 aromatic carbocycles. The Morgan fingerprint density at radius 2 is 1.84 bits per heavy atom. The van der Waals surface area contributed by atoms with Crippen LogP contribution in [0.3, 0.4) is 0 Å². The number of benzene rings is 3. The molecule has 22 heteroatoms. The van der Waals surface area contributed by atoms with Gasteiger partial charge in [0.2, 0.25) is 12.2 Å². The highest BCUT2D eigenvalue weighted by Gasteiger charge is 2.53. The van der Waals surface area contributed by atoms with Crippen molar-refractivity contribution in [1.29, 1.82) is 0 Å². The van der Waals surface area contributed by atoms with E-state index in [1.54, 1.807) is 18.2 Å². The fourth-order valence-electron chi connectivity index (χ4n) is 11.5. The number of amides is 1. The van der Waals surface area contributed by atoms with E-state index in [4.69, 9.17) is 29.4 Å². The molecule has 4 bridgehead atoms. The van der Waals surface area contributed by atoms with E-state index in [9.17, 15) is 40.3 Å². The van der Waals surface area contributed by atoms with Crippen molar-refractivity contribution in [2.45, 2.75) is 106 Å². The third-order valence-electron chi connectivity index (χ3n) is 15.1. The number of aldehydes is 1. The first-order valence-electron chi connectivity index (χ1n) is 24.7. The molecule has 0 radical (unpaired) electrons. The van der Waals surface area contributed by atoms with Crippen LogP contribution in [0.1, 0.15) is 86.6 Å². The molecule has 6 aliphatic heterocycles. The Kier molecular flexibility index (Phi) is 15.0. The molecule has 13 atom stereocenters. The van der Waals surface area contributed by atoms with Crippen LogP contribution in [-0.4, -0.2) is 156 Å². The lowest BCUT2D eigenvalue weighted by Gasteiger charge is -2.44. The number of fused-ring (bicyclic) bond motifs is 10. The molecule has 13 N–H and O–H groups in total. The number of aliphatic hydroxyl groups excluding tert-OH is 5. The zero-order valence-electron chi connectivity index (χ0n) is 39.7. The maximum atomic E-state index is 15.2. The Morgan fingerprint density at radius 1 is 1.00 bits per heavy atom. The van der Waals surface area contributed by atoms with Crippen molar-refractivity contribution in [3.05, 3.63) is 111 Å². The molecule has 1 amide bonds. The maximum absolute atomic E-state index is 15.2. The van der Waals surface area contributed by atoms with Crippen molar-refractivity contribution in [2.75, 3.05) is 44.5 Å². The second kappa shape index (κ2) is 21.5. The predicted molar refractivity (Wildman–Crippen MR) is 256 cm³/mol. The van der Waals surface area contributed by atoms with Crippen LogP contribution in [0, 0.1) is 11.8 Å². The average molecular weight is 1010 g/mol. The van der Waals surface area contributed by atoms with Crippen LogP contribution in [0.5, 0.6) is 11.5 Å². The Bertz CT molecular complexity index is 2670. The van der Waals surface area contributed by atoms with Crippen LogP contribution < -0.4 is 46.9 Å². The minimum absolute atomic E-state index is 0.00990. The lowest BCUT2D eigenvalue weighted by Crippen LogP contribution is -2.70. The summed E-state index contributed by atoms with van der Waals surface area (Å²) in [5, 5.41) is 78.0. The first-order chi connectivity index (χ1) is 35.4. The molecule has 4 fully saturated rings. The summed E-state index contributed by atoms with van der Waals surface area (Å²) in [6, 6.07) is 12.8. The molecule has 10 rings (SSSR count). The highest BCUT2D eigenvalue weighted by atomic mass is 16.7. The van der Waals surface area contributed by atoms with Crippen LogP contribution in [0.15, 0.2) is 72.1 Å². The third kappa shape index (κ3) is 9.62. The second-order valence-corrected chi connectivity index (χ2v) is 19.4. The van der Waals surface area contributed by atoms with Gasteiger partial charge in [0.1, 0.15) is 61.6 Å². The number of nitrogens with two attached hydrogens (primary N) is 1. The smallest absolute Gasteiger partial charge is 0.242 e. The molecular weight excluding hydrogens is 951 g/mol. The molecule has 390 valence electrons. The number of dihydropyridines is 1. The van der Waals surface area contributed by atoms with Gasteiger partial charge in [-0.25, -0.2) is 0 Å². The zero-order chi connectivity index (χ0) is 51.1. The van der Waals surface area contributed by atoms with Gasteiger partial charge in [0.05, 0.1) is 44.3 Å². The summed E-state index contributed by atoms with van der Waals surface area (Å²) in [6.07, 6.45) is -6.10. The van der Waals surface area contributed by atoms with Crippen LogP contribution in [0.2, 0.25) is 0 Å². The normalized spacial score (nSPS) is 30.9. The van der Waals surface area contributed by atoms with E-state index >= 15 is 9.59 Å². The summed E-state index contributed by atoms with van der Waals surface area (Å²) >= 11 is 0. The number of hydrogen-bond acceptors (Lipinski definition) is 21. The van der Waals surface area contributed by atoms with Gasteiger partial charge < -0.3 is 69.5 Å². The van der Waals surface area contributed by atoms with Crippen molar-refractivity contribution in [2.24, 2.45) is 17.6 Å². The number of allylic oxidation sites excluding steroid dienone is 1. The Balaban J connectivity index is 1.21. The van der Waals surface area contributed by atoms with Gasteiger partial charge in [-0.15, -0.1) is 0 Å². The number of ketones is 2. The van der Waals surface area contributed by atoms with Crippen LogP contribution >= 0.6 is 0 Å². The van der Waals surface area contributed by atoms with Gasteiger partial charge in [-0.3, -0.25) is 41.4 Å². The van der Waals surface area contributed by atoms with E-state index in [2.05, 4.69) is 26.7 Å². The first-order valence-corrected chi connectivity index (χ1v) is 24.7. The molecule has 73 heavy (non-hydrogen) atoms. The quantitative estimate of drug-likeness (QED) is 0.0512. The molecule has 22 nitrogen and oxygen atoms in total. The number of anilines is 1. The molecule has 6 heterocycles. The van der Waals surface area contributed by atoms with Gasteiger partial charge in [0, 0.05) is 53.4 Å². The fraction of sp³-hybridized carbons (Fsp3) is 0.490. The van der Waals surface area contributed by atoms with Crippen LogP contribution in [0.4, 0.5) is 5.69 Å². The van der Waals surface area contributed by atoms with Crippen LogP contribution in [0.25, 0.3) is 0 Å². The summed E-state index contributed by atoms with van der Waals surface area (Å²) in [5.74, 6) is -3.39. The third-order valence-corrected chi connectivity index (χ3v) is 15.1. The molecule has 0 aromatic heterocycles. The number of carbonyl (C=O) groups excluding carboxylic acids is 4. The highest BCUT2D eigenvalue weighted by molar-refractivity contribution is 6.29. The highest BCUT2D eigenvalue weighted by Crippen LogP contribution is 2.54. The number of aliphatic hydroxyl groups is 5. The molecule has 3 aromatic rings. The summed E-state index contributed by atoms with van der Waals surface area (Å²) in [6.45, 7) is -0.653. The van der Waals surface area contributed by atoms with Crippen molar-refractivity contribution >= 4 is 29.4 Å². The van der Waals surface area contributed by atoms with Crippen molar-refractivity contribution in [3.63, 3.8) is 0 Å². The molecule has 1 aliphatic carbocycles. The van der Waals surface area contributed by atoms with Crippen molar-refractivity contribution < 1.29 is 73.6 Å². The van der Waals surface area contributed by atoms with Gasteiger partial charge in [0.25, 0.3) is 0 Å². The SMILES string of the molecule is NC1NC(=O)C2NCN(c3ccccc3C3c4cc5c(c(OCC(O)CC=O)c4OC4OC(C6CCC(CCO)C3CO6)C(O)C(O)C4OCCC3=CCNC(NO)=C3)C(=O)c3cc(CO)ccc3C5=O)C2N1. The number of nitrogens with zero attached hydrogens (tertiary/aromatic N) is 1. The molecule has 7 aliphatic rings. The molecular formula is C51H61N7O15. The van der Waals surface area contributed by atoms with Gasteiger partial charge in [-0.2, -0.15) is 0 Å². The van der Waals surface area contributed by atoms with Gasteiger partial charge in [0.15, 0.2) is 23.1 Å². The van der Waals surface area contributed by atoms with E-state index in [0.29, 0.717) is 54.7 Å². The number of rotatable bonds is 15. The molecule has 0 saturated carbocycles. The number of carbonyl (C=O) groups is 4. The zero-order valence-corrected chi connectivity index (χ0v) is 39.7. The van der Waals surface area contributed by atoms with E-state index in [0.717, 1.165) is 5.57 Å². The lowest BCUT2D eigenvalue weighted by atomic mass is 9.70. The number of para-hydroxylation sites is 1. The van der Waals surface area contributed by atoms with Gasteiger partial charge in [-0.1, -0.05) is 30.3 Å². The minimum Gasteiger partial charge on any atom is -0.486 e. The number of hydrogen-bond donors (Lipinski definition) is 12. The van der Waals surface area contributed by atoms with Gasteiger partial charge in [-0.05, 0) is 84.6 Å². The van der Waals surface area contributed by atoms with E-state index in [-0.39, 0.29) is 90.5 Å². The van der Waals surface area contributed by atoms with Crippen molar-refractivity contribution in [3.8, 4) is 11.5 Å². The standard InChI is InChI=1S/C51H61N7O15/c52-51-55-48-39(49(67)56-51)54-23-58(48)34-4-2-1-3-29(34)37-32-19-31-38(41(64)30-17-25(20-61)5-7-28(30)40(31)63)46(71-21-27(62)11-15-60)44(32)72-50-47(69-16-12-24-9-13-53-36(18-24)57-68)43(66)42(65)45(73-50)35-8-6-26(10-14-59)33(37)22-70-35/h1-5,7,9,15,17-19,26-27,33,35,37,39,42-43,45,47-48,50-51,53-55,57,59,61-62,65-66,68H,6,8,10-14,16,20-23,52H2,(H,56,67). The minimum atomic E-state index is -1.65. The monoisotopic (exact) mass is 1010 g/mol. The number of ether oxygens (including phenoxy) is 5. The molecule has 0 spiro atoms. The molecule has 13 unspecified atom stereocenters. The maximum Gasteiger partial charge on any atom is 0.242 e. The first kappa shape index (κ1) is 50.7. The predicted octanol–water partition coefficient (Wildman–Crippen LogP) is -0.804. The lowest BCUT2D eigenvalue weighted by molar-refractivity contribution is -0.300. The summed E-state index contributed by atoms with van der Waals surface area (Å²) in [7, 11) is 0. The Morgan fingerprint density at radius 3 is 2.63 bits per heavy atom. The van der Waals surface area contributed by atoms with E-state index in [1.165, 1.54) is 12.1 Å². The summed E-state index contributed by atoms with van der Waals surface area (Å²) in [4.78, 5) is 57.3. The Labute approximate surface area is 419 Å². The number of nitrogens with one attached hydrogen (secondary N) is 5. The Hall–Kier alpha value is -5.86. The average Bonchev–Trinajstić information content (AvgIpc) is 3.71. The van der Waals surface area contributed by atoms with Gasteiger partial charge >= 0.3 is 0 Å². The summed E-state index contributed by atoms with van der Waals surface area (Å²) < 4.78 is 33.6. The largest absolute Gasteiger partial charge is 0.486 e. The molecule has 4 saturated heterocycles. The topological polar surface area (TPSA) is 325 Å². The van der Waals surface area contributed by atoms with Crippen molar-refractivity contribution in [1.82, 2.24) is 26.7 Å². The second-order valence-electron chi connectivity index (χ2n) is 19.4.